The monoisotopic (exact) mass is 304 g/mol. The third kappa shape index (κ3) is 4.52. The maximum atomic E-state index is 11.7. The van der Waals surface area contributed by atoms with Crippen LogP contribution in [0.25, 0.3) is 0 Å². The molecule has 0 bridgehead atoms. The number of urea groups is 1. The highest BCUT2D eigenvalue weighted by Gasteiger charge is 2.11. The molecule has 0 aliphatic heterocycles. The molecule has 1 aromatic carbocycles. The number of tetrazole rings is 1. The summed E-state index contributed by atoms with van der Waals surface area (Å²) in [7, 11) is 1.65. The first kappa shape index (κ1) is 15.9. The molecule has 3 N–H and O–H groups in total. The number of amides is 2. The minimum atomic E-state index is -0.751. The van der Waals surface area contributed by atoms with Crippen LogP contribution in [0.15, 0.2) is 18.2 Å². The lowest BCUT2D eigenvalue weighted by Gasteiger charge is -2.14. The predicted octanol–water partition coefficient (Wildman–Crippen LogP) is 0.360. The summed E-state index contributed by atoms with van der Waals surface area (Å²) < 4.78 is 0. The summed E-state index contributed by atoms with van der Waals surface area (Å²) in [6, 6.07) is 5.45. The predicted molar refractivity (Wildman–Crippen MR) is 79.9 cm³/mol. The second-order valence-corrected chi connectivity index (χ2v) is 5.20. The molecule has 0 spiro atoms. The Hall–Kier alpha value is -2.48. The number of carbonyl (C=O) groups is 1. The SMILES string of the molecule is Cc1cc(C)cc([C@H](O)CNC(=O)NCc2nnn(C)n2)c1. The van der Waals surface area contributed by atoms with Crippen molar-refractivity contribution in [2.75, 3.05) is 6.54 Å². The van der Waals surface area contributed by atoms with Gasteiger partial charge in [-0.3, -0.25) is 0 Å². The van der Waals surface area contributed by atoms with Gasteiger partial charge in [0.1, 0.15) is 0 Å². The summed E-state index contributed by atoms with van der Waals surface area (Å²) in [5, 5.41) is 26.7. The van der Waals surface area contributed by atoms with Crippen molar-refractivity contribution in [3.8, 4) is 0 Å². The molecule has 1 atom stereocenters. The Labute approximate surface area is 128 Å². The standard InChI is InChI=1S/C14H20N6O2/c1-9-4-10(2)6-11(5-9)12(21)7-15-14(22)16-8-13-17-19-20(3)18-13/h4-6,12,21H,7-8H2,1-3H3,(H2,15,16,22)/t12-/m1/s1. The normalized spacial score (nSPS) is 12.0. The van der Waals surface area contributed by atoms with E-state index >= 15 is 0 Å². The Bertz CT molecular complexity index is 634. The fraction of sp³-hybridized carbons (Fsp3) is 0.429. The Morgan fingerprint density at radius 2 is 1.95 bits per heavy atom. The largest absolute Gasteiger partial charge is 0.387 e. The number of carbonyl (C=O) groups excluding carboxylic acids is 1. The van der Waals surface area contributed by atoms with E-state index in [9.17, 15) is 9.90 Å². The van der Waals surface area contributed by atoms with Crippen LogP contribution in [0.2, 0.25) is 0 Å². The van der Waals surface area contributed by atoms with Crippen molar-refractivity contribution < 1.29 is 9.90 Å². The second-order valence-electron chi connectivity index (χ2n) is 5.20. The zero-order chi connectivity index (χ0) is 16.1. The van der Waals surface area contributed by atoms with Gasteiger partial charge in [0.05, 0.1) is 19.7 Å². The zero-order valence-electron chi connectivity index (χ0n) is 12.9. The quantitative estimate of drug-likeness (QED) is 0.739. The number of benzene rings is 1. The molecule has 2 rings (SSSR count). The molecule has 0 aliphatic rings. The second kappa shape index (κ2) is 6.99. The third-order valence-electron chi connectivity index (χ3n) is 3.04. The third-order valence-corrected chi connectivity index (χ3v) is 3.04. The van der Waals surface area contributed by atoms with Gasteiger partial charge in [0.15, 0.2) is 5.82 Å². The highest BCUT2D eigenvalue weighted by Crippen LogP contribution is 2.16. The topological polar surface area (TPSA) is 105 Å². The zero-order valence-corrected chi connectivity index (χ0v) is 12.9. The Morgan fingerprint density at radius 3 is 2.55 bits per heavy atom. The van der Waals surface area contributed by atoms with Crippen molar-refractivity contribution in [1.29, 1.82) is 0 Å². The smallest absolute Gasteiger partial charge is 0.315 e. The molecule has 0 saturated heterocycles. The molecular weight excluding hydrogens is 284 g/mol. The number of rotatable bonds is 5. The van der Waals surface area contributed by atoms with Crippen LogP contribution >= 0.6 is 0 Å². The first-order chi connectivity index (χ1) is 10.4. The van der Waals surface area contributed by atoms with Crippen LogP contribution in [-0.4, -0.2) is 37.9 Å². The van der Waals surface area contributed by atoms with Crippen LogP contribution in [-0.2, 0) is 13.6 Å². The van der Waals surface area contributed by atoms with E-state index in [4.69, 9.17) is 0 Å². The van der Waals surface area contributed by atoms with Gasteiger partial charge >= 0.3 is 6.03 Å². The van der Waals surface area contributed by atoms with Crippen molar-refractivity contribution in [2.45, 2.75) is 26.5 Å². The molecule has 0 aliphatic carbocycles. The van der Waals surface area contributed by atoms with E-state index in [1.807, 2.05) is 32.0 Å². The Morgan fingerprint density at radius 1 is 1.27 bits per heavy atom. The van der Waals surface area contributed by atoms with Crippen LogP contribution in [0.5, 0.6) is 0 Å². The fourth-order valence-corrected chi connectivity index (χ4v) is 2.13. The van der Waals surface area contributed by atoms with Crippen molar-refractivity contribution in [2.24, 2.45) is 7.05 Å². The summed E-state index contributed by atoms with van der Waals surface area (Å²) in [6.45, 7) is 4.25. The maximum Gasteiger partial charge on any atom is 0.315 e. The average molecular weight is 304 g/mol. The summed E-state index contributed by atoms with van der Waals surface area (Å²) in [5.41, 5.74) is 2.94. The molecule has 0 unspecified atom stereocenters. The van der Waals surface area contributed by atoms with E-state index in [0.717, 1.165) is 16.7 Å². The molecule has 1 heterocycles. The van der Waals surface area contributed by atoms with E-state index in [-0.39, 0.29) is 13.1 Å². The van der Waals surface area contributed by atoms with Crippen LogP contribution < -0.4 is 10.6 Å². The van der Waals surface area contributed by atoms with Gasteiger partial charge in [0.2, 0.25) is 0 Å². The molecule has 118 valence electrons. The van der Waals surface area contributed by atoms with Gasteiger partial charge in [-0.05, 0) is 24.6 Å². The lowest BCUT2D eigenvalue weighted by Crippen LogP contribution is -2.37. The van der Waals surface area contributed by atoms with Gasteiger partial charge in [-0.25, -0.2) is 4.79 Å². The summed E-state index contributed by atoms with van der Waals surface area (Å²) >= 11 is 0. The summed E-state index contributed by atoms with van der Waals surface area (Å²) in [6.07, 6.45) is -0.751. The van der Waals surface area contributed by atoms with Crippen LogP contribution in [0.1, 0.15) is 28.6 Å². The van der Waals surface area contributed by atoms with Gasteiger partial charge in [-0.1, -0.05) is 29.3 Å². The van der Waals surface area contributed by atoms with E-state index in [1.54, 1.807) is 7.05 Å². The molecule has 0 fully saturated rings. The van der Waals surface area contributed by atoms with Crippen LogP contribution in [0, 0.1) is 13.8 Å². The van der Waals surface area contributed by atoms with Crippen molar-refractivity contribution in [1.82, 2.24) is 30.8 Å². The first-order valence-electron chi connectivity index (χ1n) is 6.95. The Kier molecular flexibility index (Phi) is 5.05. The maximum absolute atomic E-state index is 11.7. The minimum absolute atomic E-state index is 0.128. The number of aryl methyl sites for hydroxylation is 3. The molecule has 2 aromatic rings. The average Bonchev–Trinajstić information content (AvgIpc) is 2.87. The van der Waals surface area contributed by atoms with E-state index in [2.05, 4.69) is 26.0 Å². The lowest BCUT2D eigenvalue weighted by molar-refractivity contribution is 0.173. The number of aliphatic hydroxyl groups is 1. The molecule has 0 radical (unpaired) electrons. The molecular formula is C14H20N6O2. The number of nitrogens with one attached hydrogen (secondary N) is 2. The van der Waals surface area contributed by atoms with Crippen molar-refractivity contribution in [3.05, 3.63) is 40.7 Å². The number of hydrogen-bond donors (Lipinski definition) is 3. The molecule has 1 aromatic heterocycles. The first-order valence-corrected chi connectivity index (χ1v) is 6.95. The van der Waals surface area contributed by atoms with Gasteiger partial charge in [-0.2, -0.15) is 4.80 Å². The minimum Gasteiger partial charge on any atom is -0.387 e. The summed E-state index contributed by atoms with van der Waals surface area (Å²) in [4.78, 5) is 13.0. The van der Waals surface area contributed by atoms with Crippen molar-refractivity contribution >= 4 is 6.03 Å². The highest BCUT2D eigenvalue weighted by molar-refractivity contribution is 5.73. The molecule has 2 amide bonds. The van der Waals surface area contributed by atoms with Gasteiger partial charge in [0, 0.05) is 6.54 Å². The van der Waals surface area contributed by atoms with E-state index < -0.39 is 12.1 Å². The van der Waals surface area contributed by atoms with Gasteiger partial charge in [0.25, 0.3) is 0 Å². The molecule has 22 heavy (non-hydrogen) atoms. The number of aromatic nitrogens is 4. The lowest BCUT2D eigenvalue weighted by atomic mass is 10.0. The molecule has 0 saturated carbocycles. The summed E-state index contributed by atoms with van der Waals surface area (Å²) in [5.74, 6) is 0.424. The fourth-order valence-electron chi connectivity index (χ4n) is 2.13. The van der Waals surface area contributed by atoms with Crippen LogP contribution in [0.3, 0.4) is 0 Å². The van der Waals surface area contributed by atoms with E-state index in [0.29, 0.717) is 5.82 Å². The van der Waals surface area contributed by atoms with E-state index in [1.165, 1.54) is 4.80 Å². The van der Waals surface area contributed by atoms with Gasteiger partial charge in [-0.15, -0.1) is 10.2 Å². The number of hydrogen-bond acceptors (Lipinski definition) is 5. The Balaban J connectivity index is 1.80. The van der Waals surface area contributed by atoms with Crippen molar-refractivity contribution in [3.63, 3.8) is 0 Å². The molecule has 8 heteroatoms. The molecule has 8 nitrogen and oxygen atoms in total. The number of aliphatic hydroxyl groups excluding tert-OH is 1. The highest BCUT2D eigenvalue weighted by atomic mass is 16.3. The number of nitrogens with zero attached hydrogens (tertiary/aromatic N) is 4. The van der Waals surface area contributed by atoms with Crippen LogP contribution in [0.4, 0.5) is 4.79 Å². The van der Waals surface area contributed by atoms with Gasteiger partial charge < -0.3 is 15.7 Å².